The minimum Gasteiger partial charge on any atom is -0.454 e. The molecule has 1 aromatic rings. The molecule has 23 heavy (non-hydrogen) atoms. The third-order valence-corrected chi connectivity index (χ3v) is 4.54. The highest BCUT2D eigenvalue weighted by Crippen LogP contribution is 2.34. The number of rotatable bonds is 7. The molecule has 1 heterocycles. The van der Waals surface area contributed by atoms with Crippen LogP contribution in [0.5, 0.6) is 11.5 Å². The summed E-state index contributed by atoms with van der Waals surface area (Å²) in [6.45, 7) is 0.600. The van der Waals surface area contributed by atoms with Gasteiger partial charge in [0.15, 0.2) is 11.5 Å². The Balaban J connectivity index is 1.98. The average Bonchev–Trinajstić information content (AvgIpc) is 2.91. The van der Waals surface area contributed by atoms with E-state index in [9.17, 15) is 13.2 Å². The lowest BCUT2D eigenvalue weighted by Crippen LogP contribution is -2.35. The Morgan fingerprint density at radius 2 is 2.00 bits per heavy atom. The first-order valence-corrected chi connectivity index (χ1v) is 9.33. The predicted molar refractivity (Wildman–Crippen MR) is 86.3 cm³/mol. The quantitative estimate of drug-likeness (QED) is 0.780. The van der Waals surface area contributed by atoms with Crippen molar-refractivity contribution >= 4 is 15.7 Å². The van der Waals surface area contributed by atoms with Crippen molar-refractivity contribution in [1.82, 2.24) is 10.2 Å². The highest BCUT2D eigenvalue weighted by Gasteiger charge is 2.20. The molecular formula is C15H22N2O5S. The van der Waals surface area contributed by atoms with Crippen molar-refractivity contribution in [1.29, 1.82) is 0 Å². The van der Waals surface area contributed by atoms with E-state index in [-0.39, 0.29) is 30.9 Å². The SMILES string of the molecule is CN(C)C(CNC(=O)CCS(C)(=O)=O)c1ccc2c(c1)OCO2. The molecule has 8 heteroatoms. The Hall–Kier alpha value is -1.80. The van der Waals surface area contributed by atoms with E-state index in [1.54, 1.807) is 0 Å². The van der Waals surface area contributed by atoms with Crippen molar-refractivity contribution in [2.24, 2.45) is 0 Å². The molecule has 0 saturated carbocycles. The molecule has 2 rings (SSSR count). The molecule has 1 aliphatic heterocycles. The van der Waals surface area contributed by atoms with Crippen molar-refractivity contribution in [3.8, 4) is 11.5 Å². The fraction of sp³-hybridized carbons (Fsp3) is 0.533. The van der Waals surface area contributed by atoms with Crippen LogP contribution in [0.25, 0.3) is 0 Å². The summed E-state index contributed by atoms with van der Waals surface area (Å²) in [5.41, 5.74) is 0.989. The minimum atomic E-state index is -3.13. The first-order valence-electron chi connectivity index (χ1n) is 7.26. The zero-order valence-corrected chi connectivity index (χ0v) is 14.4. The standard InChI is InChI=1S/C15H22N2O5S/c1-17(2)12(9-16-15(18)6-7-23(3,19)20)11-4-5-13-14(8-11)22-10-21-13/h4-5,8,12H,6-7,9-10H2,1-3H3,(H,16,18). The second kappa shape index (κ2) is 7.18. The summed E-state index contributed by atoms with van der Waals surface area (Å²) >= 11 is 0. The van der Waals surface area contributed by atoms with Crippen LogP contribution >= 0.6 is 0 Å². The Labute approximate surface area is 136 Å². The van der Waals surface area contributed by atoms with Gasteiger partial charge < -0.3 is 19.7 Å². The Morgan fingerprint density at radius 1 is 1.30 bits per heavy atom. The Kier molecular flexibility index (Phi) is 5.48. The number of sulfone groups is 1. The maximum atomic E-state index is 11.8. The molecule has 0 bridgehead atoms. The van der Waals surface area contributed by atoms with Crippen molar-refractivity contribution in [2.45, 2.75) is 12.5 Å². The highest BCUT2D eigenvalue weighted by atomic mass is 32.2. The van der Waals surface area contributed by atoms with Crippen LogP contribution in [-0.4, -0.2) is 58.7 Å². The summed E-state index contributed by atoms with van der Waals surface area (Å²) in [4.78, 5) is 13.8. The normalized spacial score (nSPS) is 14.8. The zero-order chi connectivity index (χ0) is 17.0. The number of fused-ring (bicyclic) bond motifs is 1. The molecule has 0 radical (unpaired) electrons. The first-order chi connectivity index (χ1) is 10.8. The lowest BCUT2D eigenvalue weighted by molar-refractivity contribution is -0.120. The molecule has 1 aliphatic rings. The molecule has 1 N–H and O–H groups in total. The van der Waals surface area contributed by atoms with Crippen LogP contribution < -0.4 is 14.8 Å². The molecular weight excluding hydrogens is 320 g/mol. The summed E-state index contributed by atoms with van der Waals surface area (Å²) in [6, 6.07) is 5.63. The van der Waals surface area contributed by atoms with E-state index in [4.69, 9.17) is 9.47 Å². The van der Waals surface area contributed by atoms with Gasteiger partial charge in [-0.2, -0.15) is 0 Å². The van der Waals surface area contributed by atoms with Crippen molar-refractivity contribution in [3.63, 3.8) is 0 Å². The number of benzene rings is 1. The molecule has 128 valence electrons. The van der Waals surface area contributed by atoms with E-state index >= 15 is 0 Å². The van der Waals surface area contributed by atoms with Crippen molar-refractivity contribution < 1.29 is 22.7 Å². The van der Waals surface area contributed by atoms with Crippen LogP contribution in [0.4, 0.5) is 0 Å². The number of likely N-dealkylation sites (N-methyl/N-ethyl adjacent to an activating group) is 1. The molecule has 0 fully saturated rings. The first kappa shape index (κ1) is 17.6. The van der Waals surface area contributed by atoms with Gasteiger partial charge in [-0.25, -0.2) is 8.42 Å². The van der Waals surface area contributed by atoms with Gasteiger partial charge in [0, 0.05) is 19.2 Å². The second-order valence-corrected chi connectivity index (χ2v) is 8.04. The molecule has 0 aliphatic carbocycles. The molecule has 0 aromatic heterocycles. The van der Waals surface area contributed by atoms with Gasteiger partial charge in [0.05, 0.1) is 11.8 Å². The number of carbonyl (C=O) groups excluding carboxylic acids is 1. The van der Waals surface area contributed by atoms with Gasteiger partial charge in [-0.05, 0) is 31.8 Å². The fourth-order valence-electron chi connectivity index (χ4n) is 2.30. The average molecular weight is 342 g/mol. The van der Waals surface area contributed by atoms with Crippen LogP contribution in [0.2, 0.25) is 0 Å². The molecule has 1 aromatic carbocycles. The van der Waals surface area contributed by atoms with E-state index in [1.165, 1.54) is 0 Å². The minimum absolute atomic E-state index is 0.0277. The molecule has 0 saturated heterocycles. The van der Waals surface area contributed by atoms with Gasteiger partial charge in [0.25, 0.3) is 0 Å². The number of ether oxygens (including phenoxy) is 2. The van der Waals surface area contributed by atoms with E-state index in [0.29, 0.717) is 18.0 Å². The summed E-state index contributed by atoms with van der Waals surface area (Å²) < 4.78 is 32.9. The third kappa shape index (κ3) is 5.11. The largest absolute Gasteiger partial charge is 0.454 e. The van der Waals surface area contributed by atoms with E-state index in [0.717, 1.165) is 11.8 Å². The number of nitrogens with zero attached hydrogens (tertiary/aromatic N) is 1. The smallest absolute Gasteiger partial charge is 0.231 e. The lowest BCUT2D eigenvalue weighted by Gasteiger charge is -2.25. The van der Waals surface area contributed by atoms with Crippen LogP contribution in [0.1, 0.15) is 18.0 Å². The summed E-state index contributed by atoms with van der Waals surface area (Å²) in [7, 11) is 0.694. The number of hydrogen-bond donors (Lipinski definition) is 1. The molecule has 7 nitrogen and oxygen atoms in total. The fourth-order valence-corrected chi connectivity index (χ4v) is 2.85. The van der Waals surface area contributed by atoms with Gasteiger partial charge in [-0.1, -0.05) is 6.07 Å². The van der Waals surface area contributed by atoms with Gasteiger partial charge >= 0.3 is 0 Å². The van der Waals surface area contributed by atoms with Gasteiger partial charge in [0.2, 0.25) is 12.7 Å². The Bertz CT molecular complexity index is 672. The highest BCUT2D eigenvalue weighted by molar-refractivity contribution is 7.90. The number of amides is 1. The van der Waals surface area contributed by atoms with Crippen LogP contribution in [0.15, 0.2) is 18.2 Å². The van der Waals surface area contributed by atoms with E-state index in [1.807, 2.05) is 37.2 Å². The molecule has 1 unspecified atom stereocenters. The monoisotopic (exact) mass is 342 g/mol. The van der Waals surface area contributed by atoms with Crippen LogP contribution in [0.3, 0.4) is 0 Å². The number of carbonyl (C=O) groups is 1. The van der Waals surface area contributed by atoms with Crippen LogP contribution in [0, 0.1) is 0 Å². The maximum absolute atomic E-state index is 11.8. The number of nitrogens with one attached hydrogen (secondary N) is 1. The van der Waals surface area contributed by atoms with Gasteiger partial charge in [-0.15, -0.1) is 0 Å². The summed E-state index contributed by atoms with van der Waals surface area (Å²) in [5, 5.41) is 2.79. The molecule has 0 spiro atoms. The van der Waals surface area contributed by atoms with Crippen molar-refractivity contribution in [3.05, 3.63) is 23.8 Å². The number of hydrogen-bond acceptors (Lipinski definition) is 6. The van der Waals surface area contributed by atoms with Crippen molar-refractivity contribution in [2.75, 3.05) is 39.4 Å². The van der Waals surface area contributed by atoms with E-state index < -0.39 is 9.84 Å². The molecule has 1 atom stereocenters. The predicted octanol–water partition coefficient (Wildman–Crippen LogP) is 0.569. The summed E-state index contributed by atoms with van der Waals surface area (Å²) in [5.74, 6) is 0.986. The third-order valence-electron chi connectivity index (χ3n) is 3.60. The molecule has 1 amide bonds. The van der Waals surface area contributed by atoms with Gasteiger partial charge in [0.1, 0.15) is 9.84 Å². The Morgan fingerprint density at radius 3 is 2.65 bits per heavy atom. The maximum Gasteiger partial charge on any atom is 0.231 e. The second-order valence-electron chi connectivity index (χ2n) is 5.78. The topological polar surface area (TPSA) is 84.9 Å². The van der Waals surface area contributed by atoms with Gasteiger partial charge in [-0.3, -0.25) is 4.79 Å². The van der Waals surface area contributed by atoms with Crippen LogP contribution in [-0.2, 0) is 14.6 Å². The lowest BCUT2D eigenvalue weighted by atomic mass is 10.1. The zero-order valence-electron chi connectivity index (χ0n) is 13.5. The summed E-state index contributed by atoms with van der Waals surface area (Å²) in [6.07, 6.45) is 1.09. The van der Waals surface area contributed by atoms with E-state index in [2.05, 4.69) is 5.32 Å².